The number of fused-ring (bicyclic) bond motifs is 1. The number of benzene rings is 1. The molecule has 1 heterocycles. The predicted molar refractivity (Wildman–Crippen MR) is 58.8 cm³/mol. The molecule has 1 aromatic rings. The first-order chi connectivity index (χ1) is 6.79. The number of rotatable bonds is 2. The first-order valence-electron chi connectivity index (χ1n) is 4.59. The van der Waals surface area contributed by atoms with Crippen molar-refractivity contribution in [2.45, 2.75) is 12.5 Å². The van der Waals surface area contributed by atoms with E-state index in [0.717, 1.165) is 22.3 Å². The predicted octanol–water partition coefficient (Wildman–Crippen LogP) is 2.00. The molecule has 4 heteroatoms. The van der Waals surface area contributed by atoms with Crippen LogP contribution in [0, 0.1) is 0 Å². The van der Waals surface area contributed by atoms with Crippen LogP contribution in [-0.2, 0) is 0 Å². The summed E-state index contributed by atoms with van der Waals surface area (Å²) in [6, 6.07) is 6.10. The molecule has 0 aromatic heterocycles. The summed E-state index contributed by atoms with van der Waals surface area (Å²) < 4.78 is 6.58. The molecule has 1 unspecified atom stereocenters. The van der Waals surface area contributed by atoms with E-state index in [9.17, 15) is 0 Å². The van der Waals surface area contributed by atoms with Crippen molar-refractivity contribution in [1.29, 1.82) is 0 Å². The zero-order valence-electron chi connectivity index (χ0n) is 7.66. The summed E-state index contributed by atoms with van der Waals surface area (Å²) in [7, 11) is 0. The number of hydrogen-bond acceptors (Lipinski definition) is 3. The van der Waals surface area contributed by atoms with Crippen molar-refractivity contribution in [2.24, 2.45) is 0 Å². The van der Waals surface area contributed by atoms with Crippen LogP contribution in [0.4, 0.5) is 5.69 Å². The maximum Gasteiger partial charge on any atom is 0.143 e. The van der Waals surface area contributed by atoms with E-state index in [-0.39, 0.29) is 12.6 Å². The van der Waals surface area contributed by atoms with Gasteiger partial charge < -0.3 is 15.2 Å². The Morgan fingerprint density at radius 2 is 2.43 bits per heavy atom. The van der Waals surface area contributed by atoms with Crippen molar-refractivity contribution < 1.29 is 9.84 Å². The normalized spacial score (nSPS) is 19.4. The molecular formula is C10H12BrNO2. The van der Waals surface area contributed by atoms with E-state index in [1.165, 1.54) is 0 Å². The smallest absolute Gasteiger partial charge is 0.143 e. The van der Waals surface area contributed by atoms with Crippen LogP contribution in [0.15, 0.2) is 22.7 Å². The van der Waals surface area contributed by atoms with Gasteiger partial charge in [0.2, 0.25) is 0 Å². The van der Waals surface area contributed by atoms with Gasteiger partial charge in [0.1, 0.15) is 12.4 Å². The van der Waals surface area contributed by atoms with Gasteiger partial charge in [-0.15, -0.1) is 0 Å². The molecule has 1 aromatic carbocycles. The number of ether oxygens (including phenoxy) is 1. The van der Waals surface area contributed by atoms with Crippen molar-refractivity contribution in [3.8, 4) is 5.75 Å². The summed E-state index contributed by atoms with van der Waals surface area (Å²) in [6.45, 7) is 0.802. The van der Waals surface area contributed by atoms with Gasteiger partial charge in [0, 0.05) is 11.1 Å². The zero-order valence-corrected chi connectivity index (χ0v) is 9.25. The Morgan fingerprint density at radius 3 is 3.21 bits per heavy atom. The van der Waals surface area contributed by atoms with Crippen LogP contribution in [-0.4, -0.2) is 24.4 Å². The first kappa shape index (κ1) is 9.80. The van der Waals surface area contributed by atoms with Crippen molar-refractivity contribution in [1.82, 2.24) is 0 Å². The van der Waals surface area contributed by atoms with Gasteiger partial charge in [0.05, 0.1) is 11.7 Å². The minimum Gasteiger partial charge on any atom is -0.489 e. The minimum absolute atomic E-state index is 0.187. The van der Waals surface area contributed by atoms with Gasteiger partial charge >= 0.3 is 0 Å². The van der Waals surface area contributed by atoms with Gasteiger partial charge in [-0.05, 0) is 24.6 Å². The quantitative estimate of drug-likeness (QED) is 0.852. The Balaban J connectivity index is 2.15. The number of aliphatic hydroxyl groups is 1. The lowest BCUT2D eigenvalue weighted by Gasteiger charge is -2.27. The minimum atomic E-state index is 0.187. The van der Waals surface area contributed by atoms with Crippen molar-refractivity contribution in [2.75, 3.05) is 18.5 Å². The van der Waals surface area contributed by atoms with Gasteiger partial charge in [-0.1, -0.05) is 15.9 Å². The van der Waals surface area contributed by atoms with E-state index in [0.29, 0.717) is 6.61 Å². The second-order valence-electron chi connectivity index (χ2n) is 3.31. The van der Waals surface area contributed by atoms with Crippen LogP contribution < -0.4 is 10.1 Å². The lowest BCUT2D eigenvalue weighted by molar-refractivity contribution is 0.233. The lowest BCUT2D eigenvalue weighted by atomic mass is 10.1. The second-order valence-corrected chi connectivity index (χ2v) is 4.22. The summed E-state index contributed by atoms with van der Waals surface area (Å²) >= 11 is 3.39. The fraction of sp³-hybridized carbons (Fsp3) is 0.400. The summed E-state index contributed by atoms with van der Waals surface area (Å²) in [6.07, 6.45) is 0.718. The molecule has 3 nitrogen and oxygen atoms in total. The highest BCUT2D eigenvalue weighted by atomic mass is 79.9. The third-order valence-electron chi connectivity index (χ3n) is 2.22. The second kappa shape index (κ2) is 4.19. The van der Waals surface area contributed by atoms with Crippen molar-refractivity contribution >= 4 is 21.6 Å². The molecule has 0 saturated carbocycles. The fourth-order valence-electron chi connectivity index (χ4n) is 1.50. The van der Waals surface area contributed by atoms with E-state index < -0.39 is 0 Å². The van der Waals surface area contributed by atoms with E-state index in [1.54, 1.807) is 0 Å². The Kier molecular flexibility index (Phi) is 2.93. The molecule has 1 aliphatic rings. The molecule has 0 radical (unpaired) electrons. The number of aliphatic hydroxyl groups excluding tert-OH is 1. The van der Waals surface area contributed by atoms with Gasteiger partial charge in [0.25, 0.3) is 0 Å². The van der Waals surface area contributed by atoms with E-state index >= 15 is 0 Å². The van der Waals surface area contributed by atoms with E-state index in [1.807, 2.05) is 18.2 Å². The molecule has 2 N–H and O–H groups in total. The summed E-state index contributed by atoms with van der Waals surface area (Å²) in [5.41, 5.74) is 0.998. The molecular weight excluding hydrogens is 246 g/mol. The Bertz CT molecular complexity index is 330. The van der Waals surface area contributed by atoms with Crippen LogP contribution in [0.25, 0.3) is 0 Å². The first-order valence-corrected chi connectivity index (χ1v) is 5.38. The van der Waals surface area contributed by atoms with Crippen LogP contribution >= 0.6 is 15.9 Å². The van der Waals surface area contributed by atoms with Gasteiger partial charge in [-0.3, -0.25) is 0 Å². The third kappa shape index (κ3) is 2.01. The van der Waals surface area contributed by atoms with Gasteiger partial charge in [-0.25, -0.2) is 0 Å². The molecule has 2 rings (SSSR count). The maximum absolute atomic E-state index is 8.81. The molecule has 1 aliphatic heterocycles. The highest BCUT2D eigenvalue weighted by Gasteiger charge is 2.17. The Labute approximate surface area is 91.2 Å². The maximum atomic E-state index is 8.81. The summed E-state index contributed by atoms with van der Waals surface area (Å²) in [4.78, 5) is 0. The Hall–Kier alpha value is -0.740. The summed E-state index contributed by atoms with van der Waals surface area (Å²) in [5.74, 6) is 0.869. The Morgan fingerprint density at radius 1 is 1.57 bits per heavy atom. The van der Waals surface area contributed by atoms with E-state index in [2.05, 4.69) is 21.2 Å². The average molecular weight is 258 g/mol. The van der Waals surface area contributed by atoms with Crippen LogP contribution in [0.5, 0.6) is 5.75 Å². The average Bonchev–Trinajstić information content (AvgIpc) is 2.19. The highest BCUT2D eigenvalue weighted by molar-refractivity contribution is 9.10. The van der Waals surface area contributed by atoms with Gasteiger partial charge in [0.15, 0.2) is 0 Å². The number of anilines is 1. The monoisotopic (exact) mass is 257 g/mol. The zero-order chi connectivity index (χ0) is 9.97. The van der Waals surface area contributed by atoms with Crippen molar-refractivity contribution in [3.63, 3.8) is 0 Å². The molecule has 0 bridgehead atoms. The third-order valence-corrected chi connectivity index (χ3v) is 2.71. The molecule has 0 aliphatic carbocycles. The summed E-state index contributed by atoms with van der Waals surface area (Å²) in [5, 5.41) is 12.1. The van der Waals surface area contributed by atoms with Crippen LogP contribution in [0.1, 0.15) is 6.42 Å². The molecule has 0 fully saturated rings. The van der Waals surface area contributed by atoms with Gasteiger partial charge in [-0.2, -0.15) is 0 Å². The van der Waals surface area contributed by atoms with Crippen LogP contribution in [0.3, 0.4) is 0 Å². The SMILES string of the molecule is OCCC1COc2cc(Br)ccc2N1. The molecule has 14 heavy (non-hydrogen) atoms. The van der Waals surface area contributed by atoms with Crippen molar-refractivity contribution in [3.05, 3.63) is 22.7 Å². The number of hydrogen-bond donors (Lipinski definition) is 2. The topological polar surface area (TPSA) is 41.5 Å². The van der Waals surface area contributed by atoms with E-state index in [4.69, 9.17) is 9.84 Å². The lowest BCUT2D eigenvalue weighted by Crippen LogP contribution is -2.32. The fourth-order valence-corrected chi connectivity index (χ4v) is 1.84. The number of halogens is 1. The molecule has 0 spiro atoms. The molecule has 0 saturated heterocycles. The highest BCUT2D eigenvalue weighted by Crippen LogP contribution is 2.32. The molecule has 1 atom stereocenters. The standard InChI is InChI=1S/C10H12BrNO2/c11-7-1-2-9-10(5-7)14-6-8(12-9)3-4-13/h1-2,5,8,12-13H,3-4,6H2. The van der Waals surface area contributed by atoms with Crippen LogP contribution in [0.2, 0.25) is 0 Å². The molecule has 0 amide bonds. The number of nitrogens with one attached hydrogen (secondary N) is 1. The molecule has 76 valence electrons. The largest absolute Gasteiger partial charge is 0.489 e.